The van der Waals surface area contributed by atoms with Gasteiger partial charge in [-0.25, -0.2) is 4.68 Å². The van der Waals surface area contributed by atoms with Gasteiger partial charge in [0.25, 0.3) is 5.56 Å². The van der Waals surface area contributed by atoms with Crippen LogP contribution in [0.15, 0.2) is 17.1 Å². The third-order valence-electron chi connectivity index (χ3n) is 3.12. The fraction of sp³-hybridized carbons (Fsp3) is 0.615. The number of hydrogen-bond acceptors (Lipinski definition) is 5. The number of anilines is 1. The van der Waals surface area contributed by atoms with Gasteiger partial charge < -0.3 is 9.64 Å². The molecule has 108 valence electrons. The van der Waals surface area contributed by atoms with Gasteiger partial charge in [0.2, 0.25) is 0 Å². The summed E-state index contributed by atoms with van der Waals surface area (Å²) in [6.07, 6.45) is 1.63. The van der Waals surface area contributed by atoms with E-state index in [-0.39, 0.29) is 17.7 Å². The molecule has 1 unspecified atom stereocenters. The van der Waals surface area contributed by atoms with Gasteiger partial charge >= 0.3 is 0 Å². The van der Waals surface area contributed by atoms with Gasteiger partial charge in [0.15, 0.2) is 0 Å². The summed E-state index contributed by atoms with van der Waals surface area (Å²) < 4.78 is 6.84. The zero-order valence-electron chi connectivity index (χ0n) is 11.5. The van der Waals surface area contributed by atoms with Gasteiger partial charge in [-0.3, -0.25) is 4.79 Å². The van der Waals surface area contributed by atoms with Gasteiger partial charge in [-0.1, -0.05) is 0 Å². The molecule has 0 radical (unpaired) electrons. The van der Waals surface area contributed by atoms with Crippen LogP contribution in [0.5, 0.6) is 0 Å². The van der Waals surface area contributed by atoms with Crippen LogP contribution < -0.4 is 10.5 Å². The summed E-state index contributed by atoms with van der Waals surface area (Å²) in [5.74, 6) is 0. The molecule has 0 aliphatic carbocycles. The van der Waals surface area contributed by atoms with E-state index in [2.05, 4.69) is 10.00 Å². The highest BCUT2D eigenvalue weighted by atomic mass is 35.5. The zero-order valence-corrected chi connectivity index (χ0v) is 12.3. The van der Waals surface area contributed by atoms with Crippen molar-refractivity contribution < 1.29 is 4.74 Å². The summed E-state index contributed by atoms with van der Waals surface area (Å²) in [6.45, 7) is 6.16. The van der Waals surface area contributed by atoms with Crippen LogP contribution in [-0.2, 0) is 11.3 Å². The molecule has 0 bridgehead atoms. The zero-order chi connectivity index (χ0) is 14.8. The van der Waals surface area contributed by atoms with Crippen molar-refractivity contribution in [2.45, 2.75) is 31.4 Å². The van der Waals surface area contributed by atoms with E-state index in [4.69, 9.17) is 21.6 Å². The van der Waals surface area contributed by atoms with Gasteiger partial charge in [0.1, 0.15) is 5.38 Å². The van der Waals surface area contributed by atoms with E-state index < -0.39 is 5.38 Å². The summed E-state index contributed by atoms with van der Waals surface area (Å²) >= 11 is 5.71. The lowest BCUT2D eigenvalue weighted by Crippen LogP contribution is -2.48. The molecule has 1 atom stereocenters. The second-order valence-electron chi connectivity index (χ2n) is 5.36. The van der Waals surface area contributed by atoms with Crippen molar-refractivity contribution >= 4 is 17.3 Å². The maximum Gasteiger partial charge on any atom is 0.268 e. The van der Waals surface area contributed by atoms with E-state index in [1.54, 1.807) is 6.20 Å². The molecule has 0 spiro atoms. The lowest BCUT2D eigenvalue weighted by molar-refractivity contribution is -0.0277. The van der Waals surface area contributed by atoms with E-state index in [0.717, 1.165) is 12.2 Å². The largest absolute Gasteiger partial charge is 0.372 e. The molecule has 1 saturated heterocycles. The molecule has 2 heterocycles. The molecule has 1 fully saturated rings. The number of alkyl halides is 1. The van der Waals surface area contributed by atoms with Crippen molar-refractivity contribution in [1.29, 1.82) is 5.26 Å². The topological polar surface area (TPSA) is 71.2 Å². The SMILES string of the molecule is CC1(C)CN(c2cnn(CC(Cl)C#N)c(=O)c2)CCO1. The molecule has 0 aromatic carbocycles. The maximum atomic E-state index is 12.0. The molecule has 1 aromatic heterocycles. The highest BCUT2D eigenvalue weighted by molar-refractivity contribution is 6.22. The lowest BCUT2D eigenvalue weighted by Gasteiger charge is -2.39. The number of aromatic nitrogens is 2. The van der Waals surface area contributed by atoms with Crippen LogP contribution >= 0.6 is 11.6 Å². The van der Waals surface area contributed by atoms with E-state index >= 15 is 0 Å². The third kappa shape index (κ3) is 3.50. The summed E-state index contributed by atoms with van der Waals surface area (Å²) in [4.78, 5) is 14.0. The first-order valence-corrected chi connectivity index (χ1v) is 6.85. The number of morpholine rings is 1. The Bertz CT molecular complexity index is 578. The third-order valence-corrected chi connectivity index (χ3v) is 3.35. The Morgan fingerprint density at radius 2 is 2.40 bits per heavy atom. The number of halogens is 1. The molecule has 2 rings (SSSR count). The van der Waals surface area contributed by atoms with Crippen molar-refractivity contribution in [3.8, 4) is 6.07 Å². The van der Waals surface area contributed by atoms with Gasteiger partial charge in [-0.15, -0.1) is 11.6 Å². The van der Waals surface area contributed by atoms with Crippen LogP contribution in [0, 0.1) is 11.3 Å². The number of hydrogen-bond donors (Lipinski definition) is 0. The summed E-state index contributed by atoms with van der Waals surface area (Å²) in [5, 5.41) is 12.0. The fourth-order valence-electron chi connectivity index (χ4n) is 2.16. The smallest absolute Gasteiger partial charge is 0.268 e. The Kier molecular flexibility index (Phi) is 4.31. The van der Waals surface area contributed by atoms with Crippen LogP contribution in [-0.4, -0.2) is 40.5 Å². The highest BCUT2D eigenvalue weighted by Crippen LogP contribution is 2.21. The second-order valence-corrected chi connectivity index (χ2v) is 5.89. The Hall–Kier alpha value is -1.58. The van der Waals surface area contributed by atoms with Crippen LogP contribution in [0.4, 0.5) is 5.69 Å². The molecule has 1 aliphatic rings. The molecule has 0 amide bonds. The average Bonchev–Trinajstić information content (AvgIpc) is 2.39. The number of rotatable bonds is 3. The van der Waals surface area contributed by atoms with Crippen molar-refractivity contribution in [2.75, 3.05) is 24.6 Å². The van der Waals surface area contributed by atoms with Crippen LogP contribution in [0.3, 0.4) is 0 Å². The number of ether oxygens (including phenoxy) is 1. The first-order chi connectivity index (χ1) is 9.41. The first-order valence-electron chi connectivity index (χ1n) is 6.41. The van der Waals surface area contributed by atoms with Crippen LogP contribution in [0.25, 0.3) is 0 Å². The minimum atomic E-state index is -0.756. The highest BCUT2D eigenvalue weighted by Gasteiger charge is 2.27. The molecule has 6 nitrogen and oxygen atoms in total. The standard InChI is InChI=1S/C13H17ClN4O2/c1-13(2)9-17(3-4-20-13)11-5-12(19)18(16-7-11)8-10(14)6-15/h5,7,10H,3-4,8-9H2,1-2H3. The molecule has 20 heavy (non-hydrogen) atoms. The molecular formula is C13H17ClN4O2. The predicted molar refractivity (Wildman–Crippen MR) is 76.0 cm³/mol. The van der Waals surface area contributed by atoms with Gasteiger partial charge in [-0.2, -0.15) is 10.4 Å². The monoisotopic (exact) mass is 296 g/mol. The summed E-state index contributed by atoms with van der Waals surface area (Å²) in [5.41, 5.74) is 0.271. The molecule has 1 aromatic rings. The molecule has 0 saturated carbocycles. The quantitative estimate of drug-likeness (QED) is 0.778. The number of nitriles is 1. The molecule has 0 N–H and O–H groups in total. The normalized spacial score (nSPS) is 19.4. The Labute approximate surface area is 122 Å². The van der Waals surface area contributed by atoms with Crippen molar-refractivity contribution in [1.82, 2.24) is 9.78 Å². The molecular weight excluding hydrogens is 280 g/mol. The van der Waals surface area contributed by atoms with Crippen LogP contribution in [0.1, 0.15) is 13.8 Å². The first kappa shape index (κ1) is 14.8. The minimum absolute atomic E-state index is 0.0891. The predicted octanol–water partition coefficient (Wildman–Crippen LogP) is 0.989. The van der Waals surface area contributed by atoms with Crippen molar-refractivity contribution in [2.24, 2.45) is 0 Å². The van der Waals surface area contributed by atoms with Crippen molar-refractivity contribution in [3.05, 3.63) is 22.6 Å². The van der Waals surface area contributed by atoms with E-state index in [0.29, 0.717) is 13.2 Å². The average molecular weight is 297 g/mol. The van der Waals surface area contributed by atoms with E-state index in [1.165, 1.54) is 10.7 Å². The van der Waals surface area contributed by atoms with Gasteiger partial charge in [-0.05, 0) is 13.8 Å². The second kappa shape index (κ2) is 5.81. The summed E-state index contributed by atoms with van der Waals surface area (Å²) in [7, 11) is 0. The Balaban J connectivity index is 2.17. The molecule has 7 heteroatoms. The maximum absolute atomic E-state index is 12.0. The lowest BCUT2D eigenvalue weighted by atomic mass is 10.1. The van der Waals surface area contributed by atoms with Crippen LogP contribution in [0.2, 0.25) is 0 Å². The molecule has 1 aliphatic heterocycles. The van der Waals surface area contributed by atoms with Gasteiger partial charge in [0.05, 0.1) is 36.7 Å². The number of nitrogens with zero attached hydrogens (tertiary/aromatic N) is 4. The minimum Gasteiger partial charge on any atom is -0.372 e. The van der Waals surface area contributed by atoms with E-state index in [9.17, 15) is 4.79 Å². The summed E-state index contributed by atoms with van der Waals surface area (Å²) in [6, 6.07) is 3.39. The van der Waals surface area contributed by atoms with E-state index in [1.807, 2.05) is 19.9 Å². The van der Waals surface area contributed by atoms with Gasteiger partial charge in [0, 0.05) is 19.2 Å². The Morgan fingerprint density at radius 3 is 3.00 bits per heavy atom. The fourth-order valence-corrected chi connectivity index (χ4v) is 2.29. The van der Waals surface area contributed by atoms with Crippen molar-refractivity contribution in [3.63, 3.8) is 0 Å². The Morgan fingerprint density at radius 1 is 1.65 bits per heavy atom.